The molecule has 27 heavy (non-hydrogen) atoms. The molecule has 0 saturated heterocycles. The third-order valence-corrected chi connectivity index (χ3v) is 6.13. The monoisotopic (exact) mass is 394 g/mol. The standard InChI is InChI=1S/C20H30N2O4S/c1-13(23)24-17-14-6-7-16(26-19(2,3)4)20(14,5)9-8-15(17)25-18(27)22-11-10-21-12-22/h10-12,14-17H,6-9H2,1-5H3/t14-,15-,16-,17+,20-/m0/s1. The summed E-state index contributed by atoms with van der Waals surface area (Å²) in [5.74, 6) is -0.0929. The molecule has 6 nitrogen and oxygen atoms in total. The van der Waals surface area contributed by atoms with Crippen molar-refractivity contribution in [2.75, 3.05) is 0 Å². The van der Waals surface area contributed by atoms with Gasteiger partial charge < -0.3 is 14.2 Å². The normalized spacial score (nSPS) is 33.4. The van der Waals surface area contributed by atoms with Gasteiger partial charge in [0, 0.05) is 30.7 Å². The molecule has 2 saturated carbocycles. The van der Waals surface area contributed by atoms with Gasteiger partial charge in [-0.05, 0) is 58.7 Å². The maximum Gasteiger partial charge on any atom is 0.303 e. The van der Waals surface area contributed by atoms with Crippen LogP contribution in [0.15, 0.2) is 18.7 Å². The molecule has 2 aliphatic carbocycles. The number of nitrogens with zero attached hydrogens (tertiary/aromatic N) is 2. The van der Waals surface area contributed by atoms with Crippen LogP contribution in [0.3, 0.4) is 0 Å². The molecule has 5 atom stereocenters. The molecule has 0 amide bonds. The quantitative estimate of drug-likeness (QED) is 0.575. The predicted molar refractivity (Wildman–Crippen MR) is 105 cm³/mol. The van der Waals surface area contributed by atoms with Crippen molar-refractivity contribution >= 4 is 23.4 Å². The highest BCUT2D eigenvalue weighted by Gasteiger charge is 2.57. The van der Waals surface area contributed by atoms with E-state index in [-0.39, 0.29) is 41.2 Å². The molecule has 1 aromatic heterocycles. The molecule has 0 aromatic carbocycles. The molecular formula is C20H30N2O4S. The first-order valence-corrected chi connectivity index (χ1v) is 10.0. The second-order valence-electron chi connectivity index (χ2n) is 8.91. The van der Waals surface area contributed by atoms with Crippen LogP contribution in [0.4, 0.5) is 0 Å². The number of hydrogen-bond donors (Lipinski definition) is 0. The fraction of sp³-hybridized carbons (Fsp3) is 0.750. The van der Waals surface area contributed by atoms with Gasteiger partial charge in [0.15, 0.2) is 0 Å². The third kappa shape index (κ3) is 4.35. The van der Waals surface area contributed by atoms with E-state index >= 15 is 0 Å². The Bertz CT molecular complexity index is 685. The summed E-state index contributed by atoms with van der Waals surface area (Å²) in [7, 11) is 0. The fourth-order valence-electron chi connectivity index (χ4n) is 4.65. The molecule has 0 spiro atoms. The number of esters is 1. The molecular weight excluding hydrogens is 364 g/mol. The van der Waals surface area contributed by atoms with Gasteiger partial charge >= 0.3 is 5.97 Å². The Kier molecular flexibility index (Phi) is 5.64. The average Bonchev–Trinajstić information content (AvgIpc) is 3.18. The van der Waals surface area contributed by atoms with E-state index in [0.29, 0.717) is 5.17 Å². The van der Waals surface area contributed by atoms with Crippen molar-refractivity contribution in [2.24, 2.45) is 11.3 Å². The molecule has 3 rings (SSSR count). The van der Waals surface area contributed by atoms with E-state index in [1.165, 1.54) is 6.92 Å². The molecule has 1 heterocycles. The smallest absolute Gasteiger partial charge is 0.303 e. The lowest BCUT2D eigenvalue weighted by molar-refractivity contribution is -0.178. The highest BCUT2D eigenvalue weighted by molar-refractivity contribution is 7.80. The summed E-state index contributed by atoms with van der Waals surface area (Å²) >= 11 is 5.40. The first kappa shape index (κ1) is 20.3. The maximum atomic E-state index is 11.8. The van der Waals surface area contributed by atoms with Crippen molar-refractivity contribution in [1.29, 1.82) is 0 Å². The zero-order valence-corrected chi connectivity index (χ0v) is 17.6. The van der Waals surface area contributed by atoms with E-state index in [4.69, 9.17) is 26.4 Å². The number of ether oxygens (including phenoxy) is 3. The second-order valence-corrected chi connectivity index (χ2v) is 9.26. The van der Waals surface area contributed by atoms with Gasteiger partial charge in [-0.3, -0.25) is 9.36 Å². The van der Waals surface area contributed by atoms with E-state index < -0.39 is 0 Å². The summed E-state index contributed by atoms with van der Waals surface area (Å²) in [5, 5.41) is 0.332. The van der Waals surface area contributed by atoms with E-state index in [2.05, 4.69) is 32.7 Å². The molecule has 7 heteroatoms. The van der Waals surface area contributed by atoms with Gasteiger partial charge in [-0.1, -0.05) is 6.92 Å². The number of carbonyl (C=O) groups is 1. The van der Waals surface area contributed by atoms with Gasteiger partial charge in [0.05, 0.1) is 11.7 Å². The van der Waals surface area contributed by atoms with Crippen LogP contribution in [0.2, 0.25) is 0 Å². The molecule has 0 N–H and O–H groups in total. The van der Waals surface area contributed by atoms with E-state index in [0.717, 1.165) is 25.7 Å². The molecule has 2 fully saturated rings. The lowest BCUT2D eigenvalue weighted by Crippen LogP contribution is -2.53. The van der Waals surface area contributed by atoms with Crippen molar-refractivity contribution in [3.63, 3.8) is 0 Å². The molecule has 150 valence electrons. The summed E-state index contributed by atoms with van der Waals surface area (Å²) < 4.78 is 19.9. The van der Waals surface area contributed by atoms with Crippen LogP contribution < -0.4 is 0 Å². The Morgan fingerprint density at radius 2 is 2.00 bits per heavy atom. The van der Waals surface area contributed by atoms with Crippen LogP contribution in [0, 0.1) is 11.3 Å². The molecule has 0 bridgehead atoms. The minimum absolute atomic E-state index is 0.0378. The lowest BCUT2D eigenvalue weighted by Gasteiger charge is -2.48. The Labute approximate surface area is 166 Å². The van der Waals surface area contributed by atoms with Gasteiger partial charge in [-0.2, -0.15) is 0 Å². The average molecular weight is 395 g/mol. The summed E-state index contributed by atoms with van der Waals surface area (Å²) in [6.07, 6.45) is 8.23. The summed E-state index contributed by atoms with van der Waals surface area (Å²) in [6, 6.07) is 0. The minimum Gasteiger partial charge on any atom is -0.463 e. The predicted octanol–water partition coefficient (Wildman–Crippen LogP) is 3.73. The van der Waals surface area contributed by atoms with Gasteiger partial charge in [0.2, 0.25) is 0 Å². The van der Waals surface area contributed by atoms with Crippen LogP contribution in [-0.4, -0.2) is 44.6 Å². The fourth-order valence-corrected chi connectivity index (χ4v) is 4.88. The Morgan fingerprint density at radius 1 is 1.26 bits per heavy atom. The number of thiocarbonyl (C=S) groups is 1. The molecule has 2 aliphatic rings. The van der Waals surface area contributed by atoms with Crippen molar-refractivity contribution in [3.8, 4) is 0 Å². The number of rotatable bonds is 3. The highest BCUT2D eigenvalue weighted by Crippen LogP contribution is 2.55. The van der Waals surface area contributed by atoms with Crippen molar-refractivity contribution in [2.45, 2.75) is 84.2 Å². The van der Waals surface area contributed by atoms with Crippen LogP contribution in [-0.2, 0) is 19.0 Å². The number of imidazole rings is 1. The zero-order chi connectivity index (χ0) is 19.8. The topological polar surface area (TPSA) is 62.6 Å². The van der Waals surface area contributed by atoms with Gasteiger partial charge in [0.1, 0.15) is 18.5 Å². The number of fused-ring (bicyclic) bond motifs is 1. The maximum absolute atomic E-state index is 11.8. The van der Waals surface area contributed by atoms with E-state index in [1.54, 1.807) is 23.3 Å². The first-order chi connectivity index (χ1) is 12.6. The summed E-state index contributed by atoms with van der Waals surface area (Å²) in [6.45, 7) is 9.99. The first-order valence-electron chi connectivity index (χ1n) is 9.64. The molecule has 0 radical (unpaired) electrons. The van der Waals surface area contributed by atoms with Crippen molar-refractivity contribution in [1.82, 2.24) is 9.55 Å². The summed E-state index contributed by atoms with van der Waals surface area (Å²) in [5.41, 5.74) is -0.236. The zero-order valence-electron chi connectivity index (χ0n) is 16.8. The third-order valence-electron chi connectivity index (χ3n) is 5.82. The van der Waals surface area contributed by atoms with Gasteiger partial charge in [-0.25, -0.2) is 4.98 Å². The number of aromatic nitrogens is 2. The number of hydrogen-bond acceptors (Lipinski definition) is 6. The summed E-state index contributed by atoms with van der Waals surface area (Å²) in [4.78, 5) is 15.8. The molecule has 0 unspecified atom stereocenters. The van der Waals surface area contributed by atoms with Crippen molar-refractivity contribution in [3.05, 3.63) is 18.7 Å². The molecule has 1 aromatic rings. The Morgan fingerprint density at radius 3 is 2.59 bits per heavy atom. The van der Waals surface area contributed by atoms with Crippen LogP contribution >= 0.6 is 12.2 Å². The lowest BCUT2D eigenvalue weighted by atomic mass is 9.66. The number of carbonyl (C=O) groups excluding carboxylic acids is 1. The van der Waals surface area contributed by atoms with E-state index in [9.17, 15) is 4.79 Å². The Balaban J connectivity index is 1.79. The van der Waals surface area contributed by atoms with Gasteiger partial charge in [0.25, 0.3) is 5.17 Å². The second kappa shape index (κ2) is 7.51. The van der Waals surface area contributed by atoms with E-state index in [1.807, 2.05) is 0 Å². The SMILES string of the molecule is CC(=O)O[C@H]1[C@@H](OC(=S)n2ccnc2)CC[C@]2(C)[C@@H](OC(C)(C)C)CC[C@@H]12. The van der Waals surface area contributed by atoms with Gasteiger partial charge in [-0.15, -0.1) is 0 Å². The molecule has 0 aliphatic heterocycles. The van der Waals surface area contributed by atoms with Crippen LogP contribution in [0.5, 0.6) is 0 Å². The van der Waals surface area contributed by atoms with Crippen LogP contribution in [0.1, 0.15) is 60.3 Å². The largest absolute Gasteiger partial charge is 0.463 e. The minimum atomic E-state index is -0.323. The van der Waals surface area contributed by atoms with Crippen molar-refractivity contribution < 1.29 is 19.0 Å². The van der Waals surface area contributed by atoms with Crippen LogP contribution in [0.25, 0.3) is 0 Å². The highest BCUT2D eigenvalue weighted by atomic mass is 32.1. The Hall–Kier alpha value is -1.47.